The molecule has 0 bridgehead atoms. The number of nitrogens with zero attached hydrogens (tertiary/aromatic N) is 4. The summed E-state index contributed by atoms with van der Waals surface area (Å²) in [5, 5.41) is 4.29. The normalized spacial score (nSPS) is 14.2. The van der Waals surface area contributed by atoms with Crippen LogP contribution < -0.4 is 0 Å². The first-order valence-corrected chi connectivity index (χ1v) is 11.0. The summed E-state index contributed by atoms with van der Waals surface area (Å²) in [6, 6.07) is 13.4. The van der Waals surface area contributed by atoms with E-state index in [4.69, 9.17) is 14.5 Å². The number of fused-ring (bicyclic) bond motifs is 1. The number of imidazole rings is 1. The summed E-state index contributed by atoms with van der Waals surface area (Å²) in [6.07, 6.45) is 8.50. The largest absolute Gasteiger partial charge is 0.465 e. The van der Waals surface area contributed by atoms with Crippen LogP contribution in [0.4, 0.5) is 0 Å². The number of carbonyl (C=O) groups is 2. The molecule has 1 saturated carbocycles. The van der Waals surface area contributed by atoms with E-state index in [-0.39, 0.29) is 12.6 Å². The van der Waals surface area contributed by atoms with Crippen molar-refractivity contribution in [2.24, 2.45) is 0 Å². The van der Waals surface area contributed by atoms with E-state index in [1.54, 1.807) is 10.9 Å². The van der Waals surface area contributed by atoms with Crippen LogP contribution in [0.25, 0.3) is 5.65 Å². The van der Waals surface area contributed by atoms with Gasteiger partial charge in [0.25, 0.3) is 0 Å². The zero-order valence-electron chi connectivity index (χ0n) is 18.3. The van der Waals surface area contributed by atoms with Crippen molar-refractivity contribution in [1.29, 1.82) is 0 Å². The van der Waals surface area contributed by atoms with Crippen LogP contribution in [0.15, 0.2) is 67.3 Å². The maximum atomic E-state index is 12.6. The fourth-order valence-corrected chi connectivity index (χ4v) is 4.02. The Morgan fingerprint density at radius 3 is 2.64 bits per heavy atom. The Kier molecular flexibility index (Phi) is 5.42. The first kappa shape index (κ1) is 20.9. The second kappa shape index (κ2) is 8.54. The van der Waals surface area contributed by atoms with E-state index in [2.05, 4.69) is 5.10 Å². The van der Waals surface area contributed by atoms with Gasteiger partial charge >= 0.3 is 11.9 Å². The van der Waals surface area contributed by atoms with Gasteiger partial charge in [-0.3, -0.25) is 9.48 Å². The monoisotopic (exact) mass is 444 g/mol. The van der Waals surface area contributed by atoms with E-state index < -0.39 is 11.4 Å². The number of esters is 2. The van der Waals surface area contributed by atoms with Crippen molar-refractivity contribution >= 4 is 17.6 Å². The van der Waals surface area contributed by atoms with Crippen LogP contribution in [0, 0.1) is 0 Å². The fourth-order valence-electron chi connectivity index (χ4n) is 4.02. The molecule has 0 N–H and O–H groups in total. The molecule has 4 aromatic rings. The van der Waals surface area contributed by atoms with Crippen molar-refractivity contribution in [2.75, 3.05) is 6.61 Å². The standard InChI is InChI=1S/C25H24N4O4/c1-2-32-24(31)25(10-11-25)21-9-6-12-28-15-20(27-22(21)28)16-29-14-19(13-26-29)23(30)33-17-18-7-4-3-5-8-18/h3-9,12-15H,2,10-11,16-17H2,1H3. The predicted octanol–water partition coefficient (Wildman–Crippen LogP) is 3.53. The minimum Gasteiger partial charge on any atom is -0.465 e. The van der Waals surface area contributed by atoms with Gasteiger partial charge in [0.2, 0.25) is 0 Å². The Labute approximate surface area is 190 Å². The lowest BCUT2D eigenvalue weighted by molar-refractivity contribution is -0.146. The first-order chi connectivity index (χ1) is 16.1. The van der Waals surface area contributed by atoms with Gasteiger partial charge in [0.15, 0.2) is 0 Å². The third-order valence-corrected chi connectivity index (χ3v) is 5.87. The molecular formula is C25H24N4O4. The molecule has 3 aromatic heterocycles. The van der Waals surface area contributed by atoms with Crippen LogP contribution in [0.2, 0.25) is 0 Å². The molecule has 1 aliphatic rings. The quantitative estimate of drug-likeness (QED) is 0.387. The summed E-state index contributed by atoms with van der Waals surface area (Å²) in [5.41, 5.74) is 3.12. The van der Waals surface area contributed by atoms with E-state index in [1.807, 2.05) is 66.2 Å². The predicted molar refractivity (Wildman–Crippen MR) is 120 cm³/mol. The van der Waals surface area contributed by atoms with E-state index >= 15 is 0 Å². The van der Waals surface area contributed by atoms with Gasteiger partial charge in [-0.25, -0.2) is 9.78 Å². The molecule has 0 saturated heterocycles. The molecule has 5 rings (SSSR count). The van der Waals surface area contributed by atoms with Crippen molar-refractivity contribution in [3.8, 4) is 0 Å². The molecule has 0 aliphatic heterocycles. The molecular weight excluding hydrogens is 420 g/mol. The molecule has 0 atom stereocenters. The Balaban J connectivity index is 1.31. The lowest BCUT2D eigenvalue weighted by Gasteiger charge is -2.14. The number of carbonyl (C=O) groups excluding carboxylic acids is 2. The van der Waals surface area contributed by atoms with Gasteiger partial charge in [0.05, 0.1) is 36.0 Å². The van der Waals surface area contributed by atoms with Crippen LogP contribution in [0.1, 0.15) is 46.9 Å². The SMILES string of the molecule is CCOC(=O)C1(c2cccn3cc(Cn4cc(C(=O)OCc5ccccc5)cn4)nc23)CC1. The minimum absolute atomic E-state index is 0.187. The van der Waals surface area contributed by atoms with Crippen LogP contribution in [0.3, 0.4) is 0 Å². The van der Waals surface area contributed by atoms with Gasteiger partial charge in [0, 0.05) is 24.2 Å². The number of hydrogen-bond donors (Lipinski definition) is 0. The van der Waals surface area contributed by atoms with E-state index in [0.717, 1.165) is 35.3 Å². The van der Waals surface area contributed by atoms with Crippen LogP contribution in [-0.4, -0.2) is 37.7 Å². The number of pyridine rings is 1. The third kappa shape index (κ3) is 4.11. The van der Waals surface area contributed by atoms with E-state index in [9.17, 15) is 9.59 Å². The van der Waals surface area contributed by atoms with Gasteiger partial charge in [-0.05, 0) is 31.4 Å². The molecule has 1 aromatic carbocycles. The highest BCUT2D eigenvalue weighted by atomic mass is 16.5. The Hall–Kier alpha value is -3.94. The summed E-state index contributed by atoms with van der Waals surface area (Å²) in [4.78, 5) is 29.7. The number of rotatable bonds is 8. The van der Waals surface area contributed by atoms with Gasteiger partial charge in [-0.15, -0.1) is 0 Å². The molecule has 8 nitrogen and oxygen atoms in total. The molecule has 1 aliphatic carbocycles. The molecule has 0 spiro atoms. The second-order valence-corrected chi connectivity index (χ2v) is 8.18. The molecule has 3 heterocycles. The molecule has 0 radical (unpaired) electrons. The molecule has 0 unspecified atom stereocenters. The van der Waals surface area contributed by atoms with Crippen molar-refractivity contribution in [3.05, 3.63) is 89.6 Å². The van der Waals surface area contributed by atoms with Gasteiger partial charge < -0.3 is 13.9 Å². The lowest BCUT2D eigenvalue weighted by Crippen LogP contribution is -2.24. The fraction of sp³-hybridized carbons (Fsp3) is 0.280. The first-order valence-electron chi connectivity index (χ1n) is 11.0. The number of benzene rings is 1. The average Bonchev–Trinajstić information content (AvgIpc) is 3.32. The van der Waals surface area contributed by atoms with Gasteiger partial charge in [0.1, 0.15) is 12.3 Å². The minimum atomic E-state index is -0.595. The van der Waals surface area contributed by atoms with E-state index in [1.165, 1.54) is 6.20 Å². The molecule has 33 heavy (non-hydrogen) atoms. The van der Waals surface area contributed by atoms with Gasteiger partial charge in [-0.1, -0.05) is 36.4 Å². The molecule has 0 amide bonds. The highest BCUT2D eigenvalue weighted by Gasteiger charge is 2.54. The van der Waals surface area contributed by atoms with Crippen molar-refractivity contribution < 1.29 is 19.1 Å². The Morgan fingerprint density at radius 1 is 1.06 bits per heavy atom. The number of ether oxygens (including phenoxy) is 2. The van der Waals surface area contributed by atoms with Gasteiger partial charge in [-0.2, -0.15) is 5.10 Å². The van der Waals surface area contributed by atoms with Crippen molar-refractivity contribution in [1.82, 2.24) is 19.2 Å². The summed E-state index contributed by atoms with van der Waals surface area (Å²) < 4.78 is 14.3. The smallest absolute Gasteiger partial charge is 0.341 e. The number of hydrogen-bond acceptors (Lipinski definition) is 6. The highest BCUT2D eigenvalue weighted by molar-refractivity contribution is 5.89. The molecule has 8 heteroatoms. The molecule has 1 fully saturated rings. The third-order valence-electron chi connectivity index (χ3n) is 5.87. The van der Waals surface area contributed by atoms with E-state index in [0.29, 0.717) is 18.7 Å². The Morgan fingerprint density at radius 2 is 1.88 bits per heavy atom. The lowest BCUT2D eigenvalue weighted by atomic mass is 9.97. The highest BCUT2D eigenvalue weighted by Crippen LogP contribution is 2.50. The topological polar surface area (TPSA) is 87.7 Å². The van der Waals surface area contributed by atoms with Crippen molar-refractivity contribution in [3.63, 3.8) is 0 Å². The summed E-state index contributed by atoms with van der Waals surface area (Å²) in [6.45, 7) is 2.78. The maximum absolute atomic E-state index is 12.6. The van der Waals surface area contributed by atoms with Crippen molar-refractivity contribution in [2.45, 2.75) is 38.3 Å². The van der Waals surface area contributed by atoms with Crippen LogP contribution in [0.5, 0.6) is 0 Å². The number of aromatic nitrogens is 4. The van der Waals surface area contributed by atoms with Crippen LogP contribution >= 0.6 is 0 Å². The summed E-state index contributed by atoms with van der Waals surface area (Å²) >= 11 is 0. The maximum Gasteiger partial charge on any atom is 0.341 e. The van der Waals surface area contributed by atoms with Crippen LogP contribution in [-0.2, 0) is 32.8 Å². The zero-order valence-corrected chi connectivity index (χ0v) is 18.3. The summed E-state index contributed by atoms with van der Waals surface area (Å²) in [7, 11) is 0. The zero-order chi connectivity index (χ0) is 22.8. The summed E-state index contributed by atoms with van der Waals surface area (Å²) in [5.74, 6) is -0.610. The second-order valence-electron chi connectivity index (χ2n) is 8.18. The Bertz CT molecular complexity index is 1300. The molecule has 168 valence electrons. The average molecular weight is 444 g/mol.